The van der Waals surface area contributed by atoms with Crippen LogP contribution in [0.3, 0.4) is 0 Å². The molecule has 1 rings (SSSR count). The summed E-state index contributed by atoms with van der Waals surface area (Å²) in [5.41, 5.74) is 0. The third-order valence-electron chi connectivity index (χ3n) is 1.95. The topological polar surface area (TPSA) is 53.7 Å². The van der Waals surface area contributed by atoms with Gasteiger partial charge in [-0.2, -0.15) is 0 Å². The highest BCUT2D eigenvalue weighted by atomic mass is 16.4. The Hall–Kier alpha value is -1.29. The summed E-state index contributed by atoms with van der Waals surface area (Å²) >= 11 is 0. The third-order valence-corrected chi connectivity index (χ3v) is 1.95. The highest BCUT2D eigenvalue weighted by Gasteiger charge is 2.23. The van der Waals surface area contributed by atoms with E-state index < -0.39 is 11.9 Å². The molecule has 1 aromatic heterocycles. The lowest BCUT2D eigenvalue weighted by Gasteiger charge is -2.14. The van der Waals surface area contributed by atoms with Crippen molar-refractivity contribution in [3.63, 3.8) is 0 Å². The lowest BCUT2D eigenvalue weighted by atomic mass is 10.1. The molecule has 4 nitrogen and oxygen atoms in total. The van der Waals surface area contributed by atoms with Gasteiger partial charge in [0.15, 0.2) is 0 Å². The Labute approximate surface area is 83.1 Å². The summed E-state index contributed by atoms with van der Waals surface area (Å²) in [7, 11) is 3.68. The van der Waals surface area contributed by atoms with E-state index in [1.165, 1.54) is 0 Å². The van der Waals surface area contributed by atoms with Crippen LogP contribution in [0.4, 0.5) is 0 Å². The molecular formula is C10H15NO3. The average molecular weight is 197 g/mol. The molecule has 0 aromatic carbocycles. The maximum atomic E-state index is 11.0. The van der Waals surface area contributed by atoms with Gasteiger partial charge in [-0.3, -0.25) is 4.79 Å². The van der Waals surface area contributed by atoms with Crippen molar-refractivity contribution in [3.05, 3.63) is 23.7 Å². The second-order valence-corrected chi connectivity index (χ2v) is 3.60. The number of nitrogens with zero attached hydrogens (tertiary/aromatic N) is 1. The van der Waals surface area contributed by atoms with Gasteiger partial charge in [0.05, 0.1) is 0 Å². The zero-order valence-electron chi connectivity index (χ0n) is 8.65. The smallest absolute Gasteiger partial charge is 0.315 e. The first-order valence-corrected chi connectivity index (χ1v) is 4.44. The molecule has 0 bridgehead atoms. The fourth-order valence-corrected chi connectivity index (χ4v) is 1.30. The standard InChI is InChI=1S/C10H15NO3/c1-7-4-5-9(14-7)8(10(12)13)6-11(2)3/h4-5,8H,6H2,1-3H3,(H,12,13). The molecule has 1 aromatic rings. The van der Waals surface area contributed by atoms with Gasteiger partial charge in [0, 0.05) is 6.54 Å². The van der Waals surface area contributed by atoms with E-state index in [4.69, 9.17) is 9.52 Å². The molecule has 1 heterocycles. The second-order valence-electron chi connectivity index (χ2n) is 3.60. The Morgan fingerprint density at radius 3 is 2.57 bits per heavy atom. The average Bonchev–Trinajstić information content (AvgIpc) is 2.46. The van der Waals surface area contributed by atoms with E-state index in [0.717, 1.165) is 5.76 Å². The van der Waals surface area contributed by atoms with Gasteiger partial charge in [0.2, 0.25) is 0 Å². The first kappa shape index (κ1) is 10.8. The van der Waals surface area contributed by atoms with Gasteiger partial charge in [-0.1, -0.05) is 0 Å². The Balaban J connectivity index is 2.83. The van der Waals surface area contributed by atoms with E-state index in [-0.39, 0.29) is 0 Å². The van der Waals surface area contributed by atoms with E-state index in [0.29, 0.717) is 12.3 Å². The normalized spacial score (nSPS) is 13.1. The molecule has 0 saturated heterocycles. The molecule has 78 valence electrons. The molecule has 0 aliphatic heterocycles. The quantitative estimate of drug-likeness (QED) is 0.790. The van der Waals surface area contributed by atoms with E-state index in [1.54, 1.807) is 19.1 Å². The monoisotopic (exact) mass is 197 g/mol. The first-order valence-electron chi connectivity index (χ1n) is 4.44. The van der Waals surface area contributed by atoms with Gasteiger partial charge in [-0.25, -0.2) is 0 Å². The van der Waals surface area contributed by atoms with E-state index in [2.05, 4.69) is 0 Å². The largest absolute Gasteiger partial charge is 0.481 e. The van der Waals surface area contributed by atoms with Crippen LogP contribution < -0.4 is 0 Å². The summed E-state index contributed by atoms with van der Waals surface area (Å²) in [6.45, 7) is 2.25. The molecule has 0 fully saturated rings. The Morgan fingerprint density at radius 2 is 2.21 bits per heavy atom. The van der Waals surface area contributed by atoms with Crippen LogP contribution >= 0.6 is 0 Å². The van der Waals surface area contributed by atoms with E-state index >= 15 is 0 Å². The number of aryl methyl sites for hydroxylation is 1. The van der Waals surface area contributed by atoms with Crippen molar-refractivity contribution in [1.29, 1.82) is 0 Å². The minimum Gasteiger partial charge on any atom is -0.481 e. The van der Waals surface area contributed by atoms with Crippen molar-refractivity contribution in [3.8, 4) is 0 Å². The zero-order valence-corrected chi connectivity index (χ0v) is 8.65. The van der Waals surface area contributed by atoms with Crippen LogP contribution in [0, 0.1) is 6.92 Å². The van der Waals surface area contributed by atoms with Crippen LogP contribution in [0.1, 0.15) is 17.4 Å². The van der Waals surface area contributed by atoms with Crippen molar-refractivity contribution in [2.45, 2.75) is 12.8 Å². The van der Waals surface area contributed by atoms with Crippen molar-refractivity contribution < 1.29 is 14.3 Å². The predicted molar refractivity (Wildman–Crippen MR) is 52.4 cm³/mol. The zero-order chi connectivity index (χ0) is 10.7. The van der Waals surface area contributed by atoms with E-state index in [9.17, 15) is 4.79 Å². The maximum absolute atomic E-state index is 11.0. The van der Waals surface area contributed by atoms with Gasteiger partial charge in [0.25, 0.3) is 0 Å². The molecule has 0 aliphatic carbocycles. The van der Waals surface area contributed by atoms with Crippen LogP contribution in [0.15, 0.2) is 16.5 Å². The lowest BCUT2D eigenvalue weighted by molar-refractivity contribution is -0.139. The fourth-order valence-electron chi connectivity index (χ4n) is 1.30. The number of rotatable bonds is 4. The van der Waals surface area contributed by atoms with Crippen LogP contribution in [-0.2, 0) is 4.79 Å². The van der Waals surface area contributed by atoms with Crippen molar-refractivity contribution >= 4 is 5.97 Å². The summed E-state index contributed by atoms with van der Waals surface area (Å²) in [5, 5.41) is 9.00. The fraction of sp³-hybridized carbons (Fsp3) is 0.500. The summed E-state index contributed by atoms with van der Waals surface area (Å²) in [6.07, 6.45) is 0. The van der Waals surface area contributed by atoms with Gasteiger partial charge < -0.3 is 14.4 Å². The molecule has 0 spiro atoms. The lowest BCUT2D eigenvalue weighted by Crippen LogP contribution is -2.25. The number of carbonyl (C=O) groups is 1. The number of hydrogen-bond donors (Lipinski definition) is 1. The molecule has 0 amide bonds. The molecule has 1 N–H and O–H groups in total. The Bertz CT molecular complexity index is 317. The summed E-state index contributed by atoms with van der Waals surface area (Å²) in [5.74, 6) is -0.180. The minimum absolute atomic E-state index is 0.447. The van der Waals surface area contributed by atoms with Crippen LogP contribution in [0.5, 0.6) is 0 Å². The second kappa shape index (κ2) is 4.28. The molecule has 0 aliphatic rings. The number of carboxylic acids is 1. The summed E-state index contributed by atoms with van der Waals surface area (Å²) in [6, 6.07) is 3.50. The predicted octanol–water partition coefficient (Wildman–Crippen LogP) is 1.32. The van der Waals surface area contributed by atoms with Gasteiger partial charge in [0.1, 0.15) is 17.4 Å². The Morgan fingerprint density at radius 1 is 1.57 bits per heavy atom. The molecule has 1 atom stereocenters. The third kappa shape index (κ3) is 2.60. The number of aliphatic carboxylic acids is 1. The summed E-state index contributed by atoms with van der Waals surface area (Å²) in [4.78, 5) is 12.8. The number of likely N-dealkylation sites (N-methyl/N-ethyl adjacent to an activating group) is 1. The highest BCUT2D eigenvalue weighted by Crippen LogP contribution is 2.19. The number of hydrogen-bond acceptors (Lipinski definition) is 3. The molecule has 4 heteroatoms. The van der Waals surface area contributed by atoms with Gasteiger partial charge >= 0.3 is 5.97 Å². The van der Waals surface area contributed by atoms with E-state index in [1.807, 2.05) is 19.0 Å². The maximum Gasteiger partial charge on any atom is 0.315 e. The summed E-state index contributed by atoms with van der Waals surface area (Å²) < 4.78 is 5.30. The van der Waals surface area contributed by atoms with Crippen LogP contribution in [0.25, 0.3) is 0 Å². The first-order chi connectivity index (χ1) is 6.50. The van der Waals surface area contributed by atoms with Gasteiger partial charge in [-0.05, 0) is 33.2 Å². The molecule has 0 radical (unpaired) electrons. The van der Waals surface area contributed by atoms with Crippen molar-refractivity contribution in [1.82, 2.24) is 4.90 Å². The van der Waals surface area contributed by atoms with Crippen molar-refractivity contribution in [2.75, 3.05) is 20.6 Å². The molecule has 14 heavy (non-hydrogen) atoms. The van der Waals surface area contributed by atoms with Crippen LogP contribution in [0.2, 0.25) is 0 Å². The highest BCUT2D eigenvalue weighted by molar-refractivity contribution is 5.75. The van der Waals surface area contributed by atoms with Gasteiger partial charge in [-0.15, -0.1) is 0 Å². The Kier molecular flexibility index (Phi) is 3.30. The minimum atomic E-state index is -0.854. The molecule has 0 saturated carbocycles. The number of carboxylic acid groups (broad SMARTS) is 1. The molecule has 1 unspecified atom stereocenters. The van der Waals surface area contributed by atoms with Crippen LogP contribution in [-0.4, -0.2) is 36.6 Å². The molecular weight excluding hydrogens is 182 g/mol. The SMILES string of the molecule is Cc1ccc(C(CN(C)C)C(=O)O)o1. The van der Waals surface area contributed by atoms with Crippen molar-refractivity contribution in [2.24, 2.45) is 0 Å². The number of furan rings is 1.